The Morgan fingerprint density at radius 3 is 2.56 bits per heavy atom. The number of rotatable bonds is 7. The molecule has 4 heteroatoms. The Balaban J connectivity index is 2.41. The summed E-state index contributed by atoms with van der Waals surface area (Å²) in [5.74, 6) is 0.887. The predicted octanol–water partition coefficient (Wildman–Crippen LogP) is 1.70. The van der Waals surface area contributed by atoms with Crippen LogP contribution < -0.4 is 15.4 Å². The summed E-state index contributed by atoms with van der Waals surface area (Å²) in [4.78, 5) is 11.3. The normalized spacial score (nSPS) is 11.9. The lowest BCUT2D eigenvalue weighted by Gasteiger charge is -2.12. The van der Waals surface area contributed by atoms with E-state index in [9.17, 15) is 4.79 Å². The number of hydrogen-bond donors (Lipinski definition) is 2. The van der Waals surface area contributed by atoms with Gasteiger partial charge < -0.3 is 15.4 Å². The molecule has 0 fully saturated rings. The van der Waals surface area contributed by atoms with Gasteiger partial charge in [0.1, 0.15) is 5.75 Å². The second kappa shape index (κ2) is 7.71. The molecule has 0 saturated carbocycles. The largest absolute Gasteiger partial charge is 0.494 e. The van der Waals surface area contributed by atoms with Crippen molar-refractivity contribution in [3.05, 3.63) is 29.8 Å². The standard InChI is InChI=1S/C14H22N2O2/c1-4-9-18-13-7-5-12(6-8-13)10-16-11(2)14(17)15-3/h5-8,11,16H,4,9-10H2,1-3H3,(H,15,17). The van der Waals surface area contributed by atoms with E-state index >= 15 is 0 Å². The van der Waals surface area contributed by atoms with E-state index in [4.69, 9.17) is 4.74 Å². The van der Waals surface area contributed by atoms with Crippen LogP contribution in [0, 0.1) is 0 Å². The first-order valence-corrected chi connectivity index (χ1v) is 6.34. The minimum atomic E-state index is -0.189. The molecular weight excluding hydrogens is 228 g/mol. The van der Waals surface area contributed by atoms with Crippen LogP contribution in [0.1, 0.15) is 25.8 Å². The van der Waals surface area contributed by atoms with Crippen LogP contribution in [-0.4, -0.2) is 25.6 Å². The Kier molecular flexibility index (Phi) is 6.22. The molecular formula is C14H22N2O2. The molecule has 0 aromatic heterocycles. The lowest BCUT2D eigenvalue weighted by Crippen LogP contribution is -2.40. The van der Waals surface area contributed by atoms with Gasteiger partial charge in [0, 0.05) is 13.6 Å². The Morgan fingerprint density at radius 2 is 2.00 bits per heavy atom. The summed E-state index contributed by atoms with van der Waals surface area (Å²) < 4.78 is 5.51. The third-order valence-electron chi connectivity index (χ3n) is 2.65. The SMILES string of the molecule is CCCOc1ccc(CNC(C)C(=O)NC)cc1. The Morgan fingerprint density at radius 1 is 1.33 bits per heavy atom. The maximum atomic E-state index is 11.3. The third kappa shape index (κ3) is 4.75. The average Bonchev–Trinajstić information content (AvgIpc) is 2.42. The number of hydrogen-bond acceptors (Lipinski definition) is 3. The highest BCUT2D eigenvalue weighted by Crippen LogP contribution is 2.12. The first-order chi connectivity index (χ1) is 8.67. The number of ether oxygens (including phenoxy) is 1. The van der Waals surface area contributed by atoms with Crippen LogP contribution in [0.15, 0.2) is 24.3 Å². The quantitative estimate of drug-likeness (QED) is 0.774. The minimum absolute atomic E-state index is 0.00195. The van der Waals surface area contributed by atoms with E-state index in [1.165, 1.54) is 0 Å². The Labute approximate surface area is 109 Å². The van der Waals surface area contributed by atoms with Gasteiger partial charge in [0.05, 0.1) is 12.6 Å². The zero-order valence-corrected chi connectivity index (χ0v) is 11.3. The lowest BCUT2D eigenvalue weighted by atomic mass is 10.2. The van der Waals surface area contributed by atoms with Crippen LogP contribution in [0.3, 0.4) is 0 Å². The maximum absolute atomic E-state index is 11.3. The molecule has 1 aromatic rings. The van der Waals surface area contributed by atoms with Crippen molar-refractivity contribution in [2.75, 3.05) is 13.7 Å². The molecule has 0 bridgehead atoms. The zero-order chi connectivity index (χ0) is 13.4. The molecule has 0 aliphatic carbocycles. The van der Waals surface area contributed by atoms with Crippen molar-refractivity contribution >= 4 is 5.91 Å². The van der Waals surface area contributed by atoms with Gasteiger partial charge in [0.25, 0.3) is 0 Å². The van der Waals surface area contributed by atoms with Gasteiger partial charge in [0.15, 0.2) is 0 Å². The molecule has 0 aliphatic rings. The van der Waals surface area contributed by atoms with Crippen LogP contribution >= 0.6 is 0 Å². The first kappa shape index (κ1) is 14.5. The van der Waals surface area contributed by atoms with Gasteiger partial charge in [-0.3, -0.25) is 4.79 Å². The van der Waals surface area contributed by atoms with E-state index < -0.39 is 0 Å². The molecule has 0 aliphatic heterocycles. The highest BCUT2D eigenvalue weighted by Gasteiger charge is 2.09. The monoisotopic (exact) mass is 250 g/mol. The van der Waals surface area contributed by atoms with Crippen LogP contribution in [0.4, 0.5) is 0 Å². The number of likely N-dealkylation sites (N-methyl/N-ethyl adjacent to an activating group) is 1. The predicted molar refractivity (Wildman–Crippen MR) is 72.6 cm³/mol. The molecule has 0 spiro atoms. The molecule has 18 heavy (non-hydrogen) atoms. The Bertz CT molecular complexity index is 363. The van der Waals surface area contributed by atoms with Crippen LogP contribution in [0.2, 0.25) is 0 Å². The van der Waals surface area contributed by atoms with Gasteiger partial charge in [-0.25, -0.2) is 0 Å². The van der Waals surface area contributed by atoms with Gasteiger partial charge in [-0.05, 0) is 31.0 Å². The average molecular weight is 250 g/mol. The third-order valence-corrected chi connectivity index (χ3v) is 2.65. The minimum Gasteiger partial charge on any atom is -0.494 e. The van der Waals surface area contributed by atoms with Gasteiger partial charge in [0.2, 0.25) is 5.91 Å². The van der Waals surface area contributed by atoms with Crippen molar-refractivity contribution in [3.63, 3.8) is 0 Å². The van der Waals surface area contributed by atoms with Gasteiger partial charge in [-0.1, -0.05) is 19.1 Å². The molecule has 0 radical (unpaired) electrons. The molecule has 4 nitrogen and oxygen atoms in total. The van der Waals surface area contributed by atoms with Gasteiger partial charge in [-0.15, -0.1) is 0 Å². The van der Waals surface area contributed by atoms with Crippen LogP contribution in [-0.2, 0) is 11.3 Å². The summed E-state index contributed by atoms with van der Waals surface area (Å²) in [7, 11) is 1.64. The van der Waals surface area contributed by atoms with Crippen molar-refractivity contribution in [1.82, 2.24) is 10.6 Å². The number of nitrogens with one attached hydrogen (secondary N) is 2. The molecule has 1 unspecified atom stereocenters. The second-order valence-electron chi connectivity index (χ2n) is 4.21. The van der Waals surface area contributed by atoms with Crippen molar-refractivity contribution in [3.8, 4) is 5.75 Å². The fourth-order valence-corrected chi connectivity index (χ4v) is 1.50. The number of carbonyl (C=O) groups is 1. The summed E-state index contributed by atoms with van der Waals surface area (Å²) in [5.41, 5.74) is 1.13. The van der Waals surface area contributed by atoms with E-state index in [2.05, 4.69) is 17.6 Å². The molecule has 1 amide bonds. The van der Waals surface area contributed by atoms with E-state index in [0.29, 0.717) is 6.54 Å². The fraction of sp³-hybridized carbons (Fsp3) is 0.500. The smallest absolute Gasteiger partial charge is 0.236 e. The molecule has 100 valence electrons. The summed E-state index contributed by atoms with van der Waals surface area (Å²) in [6.45, 7) is 5.34. The summed E-state index contributed by atoms with van der Waals surface area (Å²) in [5, 5.41) is 5.77. The van der Waals surface area contributed by atoms with Gasteiger partial charge >= 0.3 is 0 Å². The van der Waals surface area contributed by atoms with Crippen molar-refractivity contribution in [2.45, 2.75) is 32.9 Å². The molecule has 1 aromatic carbocycles. The number of benzene rings is 1. The van der Waals surface area contributed by atoms with E-state index in [-0.39, 0.29) is 11.9 Å². The maximum Gasteiger partial charge on any atom is 0.236 e. The van der Waals surface area contributed by atoms with E-state index in [1.54, 1.807) is 7.05 Å². The van der Waals surface area contributed by atoms with Gasteiger partial charge in [-0.2, -0.15) is 0 Å². The molecule has 1 rings (SSSR count). The highest BCUT2D eigenvalue weighted by molar-refractivity contribution is 5.80. The molecule has 0 heterocycles. The van der Waals surface area contributed by atoms with Crippen molar-refractivity contribution in [1.29, 1.82) is 0 Å². The fourth-order valence-electron chi connectivity index (χ4n) is 1.50. The summed E-state index contributed by atoms with van der Waals surface area (Å²) in [6, 6.07) is 7.74. The second-order valence-corrected chi connectivity index (χ2v) is 4.21. The van der Waals surface area contributed by atoms with Crippen molar-refractivity contribution < 1.29 is 9.53 Å². The summed E-state index contributed by atoms with van der Waals surface area (Å²) >= 11 is 0. The van der Waals surface area contributed by atoms with E-state index in [1.807, 2.05) is 31.2 Å². The summed E-state index contributed by atoms with van der Waals surface area (Å²) in [6.07, 6.45) is 1.01. The highest BCUT2D eigenvalue weighted by atomic mass is 16.5. The van der Waals surface area contributed by atoms with Crippen molar-refractivity contribution in [2.24, 2.45) is 0 Å². The lowest BCUT2D eigenvalue weighted by molar-refractivity contribution is -0.122. The first-order valence-electron chi connectivity index (χ1n) is 6.34. The van der Waals surface area contributed by atoms with E-state index in [0.717, 1.165) is 24.3 Å². The Hall–Kier alpha value is -1.55. The van der Waals surface area contributed by atoms with Crippen LogP contribution in [0.25, 0.3) is 0 Å². The zero-order valence-electron chi connectivity index (χ0n) is 11.3. The number of carbonyl (C=O) groups excluding carboxylic acids is 1. The van der Waals surface area contributed by atoms with Crippen LogP contribution in [0.5, 0.6) is 5.75 Å². The number of amides is 1. The molecule has 2 N–H and O–H groups in total. The molecule has 1 atom stereocenters. The molecule has 0 saturated heterocycles. The topological polar surface area (TPSA) is 50.4 Å².